The van der Waals surface area contributed by atoms with Crippen molar-refractivity contribution in [2.24, 2.45) is 0 Å². The van der Waals surface area contributed by atoms with Crippen LogP contribution in [-0.2, 0) is 11.2 Å². The molecule has 3 nitrogen and oxygen atoms in total. The van der Waals surface area contributed by atoms with Gasteiger partial charge in [0, 0.05) is 5.56 Å². The van der Waals surface area contributed by atoms with Crippen molar-refractivity contribution in [3.63, 3.8) is 0 Å². The lowest BCUT2D eigenvalue weighted by atomic mass is 9.96. The summed E-state index contributed by atoms with van der Waals surface area (Å²) in [6.45, 7) is 4.19. The predicted molar refractivity (Wildman–Crippen MR) is 77.5 cm³/mol. The molecule has 0 saturated carbocycles. The molecule has 1 rings (SSSR count). The Kier molecular flexibility index (Phi) is 6.13. The van der Waals surface area contributed by atoms with Gasteiger partial charge in [-0.1, -0.05) is 32.4 Å². The Balaban J connectivity index is 3.19. The third-order valence-electron chi connectivity index (χ3n) is 3.06. The van der Waals surface area contributed by atoms with Gasteiger partial charge in [-0.25, -0.2) is 0 Å². The molecule has 1 N–H and O–H groups in total. The van der Waals surface area contributed by atoms with Crippen LogP contribution in [0, 0.1) is 0 Å². The number of ether oxygens (including phenoxy) is 1. The molecule has 0 aliphatic rings. The van der Waals surface area contributed by atoms with Gasteiger partial charge in [-0.3, -0.25) is 4.79 Å². The highest BCUT2D eigenvalue weighted by molar-refractivity contribution is 5.76. The highest BCUT2D eigenvalue weighted by atomic mass is 16.5. The summed E-state index contributed by atoms with van der Waals surface area (Å²) in [5.41, 5.74) is 3.30. The lowest BCUT2D eigenvalue weighted by Crippen LogP contribution is -1.96. The number of benzene rings is 1. The zero-order chi connectivity index (χ0) is 14.3. The van der Waals surface area contributed by atoms with Crippen LogP contribution in [0.4, 0.5) is 0 Å². The van der Waals surface area contributed by atoms with E-state index < -0.39 is 5.97 Å². The molecule has 19 heavy (non-hydrogen) atoms. The average Bonchev–Trinajstić information content (AvgIpc) is 2.42. The minimum Gasteiger partial charge on any atom is -0.496 e. The topological polar surface area (TPSA) is 46.5 Å². The van der Waals surface area contributed by atoms with Gasteiger partial charge in [-0.05, 0) is 36.1 Å². The van der Waals surface area contributed by atoms with Crippen molar-refractivity contribution < 1.29 is 14.6 Å². The molecule has 104 valence electrons. The lowest BCUT2D eigenvalue weighted by Gasteiger charge is -2.13. The fourth-order valence-corrected chi connectivity index (χ4v) is 2.05. The maximum Gasteiger partial charge on any atom is 0.307 e. The van der Waals surface area contributed by atoms with Gasteiger partial charge in [0.2, 0.25) is 0 Å². The summed E-state index contributed by atoms with van der Waals surface area (Å²) in [5, 5.41) is 8.83. The molecule has 0 amide bonds. The largest absolute Gasteiger partial charge is 0.496 e. The van der Waals surface area contributed by atoms with Gasteiger partial charge < -0.3 is 9.84 Å². The van der Waals surface area contributed by atoms with E-state index in [1.165, 1.54) is 5.56 Å². The Morgan fingerprint density at radius 2 is 2.11 bits per heavy atom. The van der Waals surface area contributed by atoms with Gasteiger partial charge in [0.1, 0.15) is 5.75 Å². The van der Waals surface area contributed by atoms with E-state index in [1.54, 1.807) is 13.2 Å². The first kappa shape index (κ1) is 15.3. The molecule has 0 atom stereocenters. The van der Waals surface area contributed by atoms with Crippen LogP contribution in [-0.4, -0.2) is 18.2 Å². The van der Waals surface area contributed by atoms with Crippen molar-refractivity contribution in [2.75, 3.05) is 7.11 Å². The van der Waals surface area contributed by atoms with Crippen LogP contribution in [0.3, 0.4) is 0 Å². The normalized spacial score (nSPS) is 11.4. The van der Waals surface area contributed by atoms with E-state index in [9.17, 15) is 4.79 Å². The Morgan fingerprint density at radius 1 is 1.37 bits per heavy atom. The van der Waals surface area contributed by atoms with Crippen molar-refractivity contribution in [3.8, 4) is 5.75 Å². The summed E-state index contributed by atoms with van der Waals surface area (Å²) in [5.74, 6) is 0.00139. The maximum atomic E-state index is 10.7. The zero-order valence-corrected chi connectivity index (χ0v) is 11.9. The summed E-state index contributed by atoms with van der Waals surface area (Å²) < 4.78 is 5.39. The van der Waals surface area contributed by atoms with Crippen LogP contribution in [0.2, 0.25) is 0 Å². The van der Waals surface area contributed by atoms with E-state index in [0.717, 1.165) is 36.1 Å². The van der Waals surface area contributed by atoms with E-state index in [0.29, 0.717) is 0 Å². The second-order valence-electron chi connectivity index (χ2n) is 4.47. The number of carboxylic acid groups (broad SMARTS) is 1. The zero-order valence-electron chi connectivity index (χ0n) is 11.9. The first-order chi connectivity index (χ1) is 9.12. The lowest BCUT2D eigenvalue weighted by molar-refractivity contribution is -0.135. The van der Waals surface area contributed by atoms with Gasteiger partial charge in [0.15, 0.2) is 0 Å². The summed E-state index contributed by atoms with van der Waals surface area (Å²) in [4.78, 5) is 10.7. The molecule has 0 spiro atoms. The Hall–Kier alpha value is -1.77. The fourth-order valence-electron chi connectivity index (χ4n) is 2.05. The SMILES string of the molecule is CCC/C(=C\CC(=O)O)c1cc(CC)ccc1OC. The van der Waals surface area contributed by atoms with Gasteiger partial charge in [-0.15, -0.1) is 0 Å². The molecule has 3 heteroatoms. The Morgan fingerprint density at radius 3 is 2.63 bits per heavy atom. The number of allylic oxidation sites excluding steroid dienone is 1. The number of methoxy groups -OCH3 is 1. The number of carboxylic acids is 1. The van der Waals surface area contributed by atoms with Crippen LogP contribution >= 0.6 is 0 Å². The highest BCUT2D eigenvalue weighted by Gasteiger charge is 2.09. The van der Waals surface area contributed by atoms with Crippen LogP contribution in [0.5, 0.6) is 5.75 Å². The minimum absolute atomic E-state index is 0.0504. The van der Waals surface area contributed by atoms with Crippen molar-refractivity contribution in [1.29, 1.82) is 0 Å². The molecule has 1 aromatic carbocycles. The molecular formula is C16H22O3. The molecule has 0 radical (unpaired) electrons. The van der Waals surface area contributed by atoms with E-state index >= 15 is 0 Å². The number of hydrogen-bond donors (Lipinski definition) is 1. The Labute approximate surface area is 114 Å². The monoisotopic (exact) mass is 262 g/mol. The van der Waals surface area contributed by atoms with Crippen LogP contribution in [0.25, 0.3) is 5.57 Å². The minimum atomic E-state index is -0.806. The van der Waals surface area contributed by atoms with Crippen molar-refractivity contribution in [3.05, 3.63) is 35.4 Å². The number of aryl methyl sites for hydroxylation is 1. The molecule has 0 aromatic heterocycles. The summed E-state index contributed by atoms with van der Waals surface area (Å²) in [6, 6.07) is 6.10. The maximum absolute atomic E-state index is 10.7. The standard InChI is InChI=1S/C16H22O3/c1-4-6-13(8-10-16(17)18)14-11-12(5-2)7-9-15(14)19-3/h7-9,11H,4-6,10H2,1-3H3,(H,17,18)/b13-8+. The van der Waals surface area contributed by atoms with Gasteiger partial charge in [-0.2, -0.15) is 0 Å². The summed E-state index contributed by atoms with van der Waals surface area (Å²) >= 11 is 0. The first-order valence-corrected chi connectivity index (χ1v) is 6.70. The molecule has 0 unspecified atom stereocenters. The highest BCUT2D eigenvalue weighted by Crippen LogP contribution is 2.30. The molecule has 0 aliphatic carbocycles. The van der Waals surface area contributed by atoms with Crippen molar-refractivity contribution >= 4 is 11.5 Å². The summed E-state index contributed by atoms with van der Waals surface area (Å²) in [7, 11) is 1.64. The third-order valence-corrected chi connectivity index (χ3v) is 3.06. The second kappa shape index (κ2) is 7.62. The molecule has 0 heterocycles. The van der Waals surface area contributed by atoms with E-state index in [-0.39, 0.29) is 6.42 Å². The van der Waals surface area contributed by atoms with E-state index in [4.69, 9.17) is 9.84 Å². The fraction of sp³-hybridized carbons (Fsp3) is 0.438. The second-order valence-corrected chi connectivity index (χ2v) is 4.47. The molecule has 0 aliphatic heterocycles. The van der Waals surface area contributed by atoms with Gasteiger partial charge >= 0.3 is 5.97 Å². The number of aliphatic carboxylic acids is 1. The van der Waals surface area contributed by atoms with E-state index in [2.05, 4.69) is 19.9 Å². The molecular weight excluding hydrogens is 240 g/mol. The van der Waals surface area contributed by atoms with Crippen molar-refractivity contribution in [1.82, 2.24) is 0 Å². The molecule has 0 bridgehead atoms. The average molecular weight is 262 g/mol. The number of rotatable bonds is 7. The molecule has 0 fully saturated rings. The summed E-state index contributed by atoms with van der Waals surface area (Å²) in [6.07, 6.45) is 4.63. The smallest absolute Gasteiger partial charge is 0.307 e. The van der Waals surface area contributed by atoms with Crippen LogP contribution in [0.15, 0.2) is 24.3 Å². The third kappa shape index (κ3) is 4.43. The Bertz CT molecular complexity index is 461. The first-order valence-electron chi connectivity index (χ1n) is 6.70. The van der Waals surface area contributed by atoms with Crippen LogP contribution < -0.4 is 4.74 Å². The van der Waals surface area contributed by atoms with Crippen LogP contribution in [0.1, 0.15) is 44.2 Å². The molecule has 0 saturated heterocycles. The van der Waals surface area contributed by atoms with E-state index in [1.807, 2.05) is 12.1 Å². The number of hydrogen-bond acceptors (Lipinski definition) is 2. The predicted octanol–water partition coefficient (Wildman–Crippen LogP) is 3.92. The van der Waals surface area contributed by atoms with Gasteiger partial charge in [0.25, 0.3) is 0 Å². The quantitative estimate of drug-likeness (QED) is 0.810. The van der Waals surface area contributed by atoms with Crippen molar-refractivity contribution in [2.45, 2.75) is 39.5 Å². The van der Waals surface area contributed by atoms with Gasteiger partial charge in [0.05, 0.1) is 13.5 Å². The molecule has 1 aromatic rings. The number of carbonyl (C=O) groups is 1.